The van der Waals surface area contributed by atoms with Crippen LogP contribution in [0.2, 0.25) is 0 Å². The zero-order valence-corrected chi connectivity index (χ0v) is 10.5. The van der Waals surface area contributed by atoms with Crippen LogP contribution in [0.5, 0.6) is 0 Å². The molecule has 2 unspecified atom stereocenters. The zero-order valence-electron chi connectivity index (χ0n) is 10.5. The first-order chi connectivity index (χ1) is 6.88. The first-order valence-electron chi connectivity index (χ1n) is 6.30. The molecule has 0 aromatic carbocycles. The molecule has 2 rings (SSSR count). The third-order valence-corrected chi connectivity index (χ3v) is 5.03. The van der Waals surface area contributed by atoms with Gasteiger partial charge in [-0.25, -0.2) is 0 Å². The van der Waals surface area contributed by atoms with Gasteiger partial charge in [-0.3, -0.25) is 0 Å². The highest BCUT2D eigenvalue weighted by atomic mass is 16.3. The minimum absolute atomic E-state index is 0.0764. The lowest BCUT2D eigenvalue weighted by Crippen LogP contribution is -2.60. The van der Waals surface area contributed by atoms with Crippen LogP contribution in [0.25, 0.3) is 0 Å². The fourth-order valence-corrected chi connectivity index (χ4v) is 2.69. The molecule has 2 atom stereocenters. The maximum Gasteiger partial charge on any atom is 0.0621 e. The van der Waals surface area contributed by atoms with E-state index >= 15 is 0 Å². The summed E-state index contributed by atoms with van der Waals surface area (Å²) in [5, 5.41) is 13.3. The number of hydrogen-bond donors (Lipinski definition) is 2. The van der Waals surface area contributed by atoms with Crippen LogP contribution in [0.3, 0.4) is 0 Å². The second-order valence-corrected chi connectivity index (χ2v) is 6.52. The molecule has 88 valence electrons. The van der Waals surface area contributed by atoms with Gasteiger partial charge in [-0.1, -0.05) is 27.7 Å². The fourth-order valence-electron chi connectivity index (χ4n) is 2.69. The van der Waals surface area contributed by atoms with Crippen LogP contribution in [-0.2, 0) is 0 Å². The summed E-state index contributed by atoms with van der Waals surface area (Å²) in [6, 6.07) is 0.517. The van der Waals surface area contributed by atoms with Crippen molar-refractivity contribution in [3.05, 3.63) is 0 Å². The molecule has 0 aromatic rings. The Morgan fingerprint density at radius 3 is 2.27 bits per heavy atom. The average molecular weight is 211 g/mol. The van der Waals surface area contributed by atoms with E-state index in [0.717, 1.165) is 18.9 Å². The molecule has 2 heteroatoms. The molecule has 2 nitrogen and oxygen atoms in total. The van der Waals surface area contributed by atoms with Crippen LogP contribution in [-0.4, -0.2) is 23.8 Å². The van der Waals surface area contributed by atoms with E-state index in [1.165, 1.54) is 12.8 Å². The summed E-state index contributed by atoms with van der Waals surface area (Å²) in [5.41, 5.74) is 0.656. The Morgan fingerprint density at radius 2 is 1.93 bits per heavy atom. The standard InChI is InChI=1S/C13H25NO/c1-9(2)13(5-6-13)8-14-10-7-11(15)12(10,3)4/h9-11,14-15H,5-8H2,1-4H3. The zero-order chi connectivity index (χ0) is 11.3. The monoisotopic (exact) mass is 211 g/mol. The van der Waals surface area contributed by atoms with Gasteiger partial charge < -0.3 is 10.4 Å². The molecule has 2 N–H and O–H groups in total. The summed E-state index contributed by atoms with van der Waals surface area (Å²) in [6.45, 7) is 10.1. The molecule has 0 aliphatic heterocycles. The number of nitrogens with one attached hydrogen (secondary N) is 1. The number of aliphatic hydroxyl groups excluding tert-OH is 1. The molecule has 0 heterocycles. The summed E-state index contributed by atoms with van der Waals surface area (Å²) in [7, 11) is 0. The highest BCUT2D eigenvalue weighted by Gasteiger charge is 2.50. The Morgan fingerprint density at radius 1 is 1.33 bits per heavy atom. The predicted molar refractivity (Wildman–Crippen MR) is 62.7 cm³/mol. The molecule has 0 aromatic heterocycles. The summed E-state index contributed by atoms with van der Waals surface area (Å²) < 4.78 is 0. The van der Waals surface area contributed by atoms with E-state index in [2.05, 4.69) is 33.0 Å². The first-order valence-corrected chi connectivity index (χ1v) is 6.30. The van der Waals surface area contributed by atoms with Crippen molar-refractivity contribution in [3.8, 4) is 0 Å². The van der Waals surface area contributed by atoms with Crippen LogP contribution in [0.1, 0.15) is 47.0 Å². The lowest BCUT2D eigenvalue weighted by atomic mass is 9.64. The third-order valence-electron chi connectivity index (χ3n) is 5.03. The average Bonchev–Trinajstić information content (AvgIpc) is 2.93. The molecule has 15 heavy (non-hydrogen) atoms. The summed E-state index contributed by atoms with van der Waals surface area (Å²) in [5.74, 6) is 0.790. The van der Waals surface area contributed by atoms with Gasteiger partial charge in [0.25, 0.3) is 0 Å². The van der Waals surface area contributed by atoms with Crippen molar-refractivity contribution >= 4 is 0 Å². The highest BCUT2D eigenvalue weighted by Crippen LogP contribution is 2.52. The van der Waals surface area contributed by atoms with Crippen LogP contribution in [0.15, 0.2) is 0 Å². The minimum atomic E-state index is -0.107. The van der Waals surface area contributed by atoms with E-state index in [1.54, 1.807) is 0 Å². The Bertz CT molecular complexity index is 243. The predicted octanol–water partition coefficient (Wildman–Crippen LogP) is 2.17. The van der Waals surface area contributed by atoms with E-state index in [1.807, 2.05) is 0 Å². The van der Waals surface area contributed by atoms with Crippen molar-refractivity contribution in [3.63, 3.8) is 0 Å². The molecule has 0 amide bonds. The quantitative estimate of drug-likeness (QED) is 0.747. The lowest BCUT2D eigenvalue weighted by Gasteiger charge is -2.50. The Hall–Kier alpha value is -0.0800. The molecule has 2 aliphatic carbocycles. The normalized spacial score (nSPS) is 36.4. The van der Waals surface area contributed by atoms with Crippen LogP contribution in [0.4, 0.5) is 0 Å². The van der Waals surface area contributed by atoms with Crippen LogP contribution < -0.4 is 5.32 Å². The van der Waals surface area contributed by atoms with Gasteiger partial charge in [0, 0.05) is 18.0 Å². The fraction of sp³-hybridized carbons (Fsp3) is 1.00. The molecule has 0 bridgehead atoms. The number of rotatable bonds is 4. The SMILES string of the molecule is CC(C)C1(CNC2CC(O)C2(C)C)CC1. The second kappa shape index (κ2) is 3.46. The second-order valence-electron chi connectivity index (χ2n) is 6.52. The van der Waals surface area contributed by atoms with E-state index in [4.69, 9.17) is 0 Å². The van der Waals surface area contributed by atoms with Crippen LogP contribution in [0, 0.1) is 16.7 Å². The van der Waals surface area contributed by atoms with Crippen molar-refractivity contribution in [2.24, 2.45) is 16.7 Å². The molecular weight excluding hydrogens is 186 g/mol. The third kappa shape index (κ3) is 1.83. The lowest BCUT2D eigenvalue weighted by molar-refractivity contribution is -0.0741. The van der Waals surface area contributed by atoms with Gasteiger partial charge in [0.15, 0.2) is 0 Å². The van der Waals surface area contributed by atoms with E-state index < -0.39 is 0 Å². The number of hydrogen-bond acceptors (Lipinski definition) is 2. The van der Waals surface area contributed by atoms with Crippen molar-refractivity contribution in [1.82, 2.24) is 5.32 Å². The van der Waals surface area contributed by atoms with Gasteiger partial charge in [-0.2, -0.15) is 0 Å². The van der Waals surface area contributed by atoms with E-state index in [9.17, 15) is 5.11 Å². The molecule has 0 saturated heterocycles. The minimum Gasteiger partial charge on any atom is -0.392 e. The van der Waals surface area contributed by atoms with Crippen molar-refractivity contribution in [2.75, 3.05) is 6.54 Å². The van der Waals surface area contributed by atoms with Crippen molar-refractivity contribution < 1.29 is 5.11 Å². The van der Waals surface area contributed by atoms with Gasteiger partial charge in [0.1, 0.15) is 0 Å². The Kier molecular flexibility index (Phi) is 2.63. The maximum atomic E-state index is 9.66. The van der Waals surface area contributed by atoms with Gasteiger partial charge in [0.2, 0.25) is 0 Å². The largest absolute Gasteiger partial charge is 0.392 e. The molecule has 0 spiro atoms. The highest BCUT2D eigenvalue weighted by molar-refractivity contribution is 5.04. The molecule has 2 aliphatic rings. The number of aliphatic hydroxyl groups is 1. The van der Waals surface area contributed by atoms with Crippen LogP contribution >= 0.6 is 0 Å². The smallest absolute Gasteiger partial charge is 0.0621 e. The Labute approximate surface area is 93.5 Å². The first kappa shape index (κ1) is 11.4. The topological polar surface area (TPSA) is 32.3 Å². The van der Waals surface area contributed by atoms with Gasteiger partial charge in [-0.15, -0.1) is 0 Å². The summed E-state index contributed by atoms with van der Waals surface area (Å²) in [6.07, 6.45) is 3.59. The Balaban J connectivity index is 1.80. The molecular formula is C13H25NO. The molecule has 0 radical (unpaired) electrons. The maximum absolute atomic E-state index is 9.66. The summed E-state index contributed by atoms with van der Waals surface area (Å²) in [4.78, 5) is 0. The van der Waals surface area contributed by atoms with Crippen molar-refractivity contribution in [2.45, 2.75) is 59.1 Å². The van der Waals surface area contributed by atoms with Gasteiger partial charge >= 0.3 is 0 Å². The van der Waals surface area contributed by atoms with Crippen molar-refractivity contribution in [1.29, 1.82) is 0 Å². The van der Waals surface area contributed by atoms with E-state index in [0.29, 0.717) is 11.5 Å². The van der Waals surface area contributed by atoms with Gasteiger partial charge in [-0.05, 0) is 30.6 Å². The molecule has 2 saturated carbocycles. The van der Waals surface area contributed by atoms with E-state index in [-0.39, 0.29) is 11.5 Å². The molecule has 2 fully saturated rings. The van der Waals surface area contributed by atoms with Gasteiger partial charge in [0.05, 0.1) is 6.10 Å². The summed E-state index contributed by atoms with van der Waals surface area (Å²) >= 11 is 0.